The third kappa shape index (κ3) is 3.29. The van der Waals surface area contributed by atoms with Gasteiger partial charge in [0.1, 0.15) is 12.2 Å². The van der Waals surface area contributed by atoms with Crippen LogP contribution in [-0.2, 0) is 13.1 Å². The fourth-order valence-electron chi connectivity index (χ4n) is 2.66. The second kappa shape index (κ2) is 6.85. The Morgan fingerprint density at radius 2 is 2.17 bits per heavy atom. The number of hydrogen-bond donors (Lipinski definition) is 1. The molecule has 0 radical (unpaired) electrons. The first-order chi connectivity index (χ1) is 8.85. The molecule has 102 valence electrons. The summed E-state index contributed by atoms with van der Waals surface area (Å²) < 4.78 is 2.05. The molecule has 0 aromatic carbocycles. The topological polar surface area (TPSA) is 46.0 Å². The molecular formula is C13H25N5. The largest absolute Gasteiger partial charge is 0.317 e. The molecule has 0 amide bonds. The van der Waals surface area contributed by atoms with Gasteiger partial charge in [0.15, 0.2) is 0 Å². The molecule has 0 atom stereocenters. The third-order valence-electron chi connectivity index (χ3n) is 3.71. The van der Waals surface area contributed by atoms with E-state index in [1.807, 2.05) is 4.68 Å². The number of nitrogens with zero attached hydrogens (tertiary/aromatic N) is 4. The number of aromatic nitrogens is 3. The average Bonchev–Trinajstić information content (AvgIpc) is 2.85. The summed E-state index contributed by atoms with van der Waals surface area (Å²) in [5.74, 6) is 1.11. The van der Waals surface area contributed by atoms with Gasteiger partial charge in [0.2, 0.25) is 0 Å². The first-order valence-electron chi connectivity index (χ1n) is 7.16. The molecule has 5 heteroatoms. The molecule has 0 saturated carbocycles. The highest BCUT2D eigenvalue weighted by atomic mass is 15.3. The van der Waals surface area contributed by atoms with Crippen LogP contribution in [0.3, 0.4) is 0 Å². The lowest BCUT2D eigenvalue weighted by atomic mass is 10.0. The predicted octanol–water partition coefficient (Wildman–Crippen LogP) is 1.26. The van der Waals surface area contributed by atoms with Crippen LogP contribution in [0.1, 0.15) is 38.9 Å². The molecule has 18 heavy (non-hydrogen) atoms. The molecule has 1 aliphatic rings. The minimum absolute atomic E-state index is 0.697. The van der Waals surface area contributed by atoms with Crippen LogP contribution < -0.4 is 5.32 Å². The van der Waals surface area contributed by atoms with Crippen LogP contribution in [0.2, 0.25) is 0 Å². The van der Waals surface area contributed by atoms with Gasteiger partial charge in [-0.15, -0.1) is 0 Å². The molecule has 1 fully saturated rings. The zero-order valence-corrected chi connectivity index (χ0v) is 11.6. The molecular weight excluding hydrogens is 226 g/mol. The highest BCUT2D eigenvalue weighted by molar-refractivity contribution is 4.87. The van der Waals surface area contributed by atoms with Gasteiger partial charge in [-0.3, -0.25) is 4.90 Å². The van der Waals surface area contributed by atoms with Gasteiger partial charge in [0.05, 0.1) is 6.54 Å². The Morgan fingerprint density at radius 3 is 2.83 bits per heavy atom. The van der Waals surface area contributed by atoms with Gasteiger partial charge in [0, 0.05) is 12.6 Å². The lowest BCUT2D eigenvalue weighted by molar-refractivity contribution is 0.156. The van der Waals surface area contributed by atoms with Crippen molar-refractivity contribution < 1.29 is 0 Å². The molecule has 0 spiro atoms. The molecule has 1 aromatic heterocycles. The van der Waals surface area contributed by atoms with Crippen molar-refractivity contribution in [3.8, 4) is 0 Å². The molecule has 5 nitrogen and oxygen atoms in total. The maximum Gasteiger partial charge on any atom is 0.141 e. The minimum Gasteiger partial charge on any atom is -0.317 e. The van der Waals surface area contributed by atoms with Crippen molar-refractivity contribution in [3.05, 3.63) is 12.2 Å². The Bertz CT molecular complexity index is 343. The summed E-state index contributed by atoms with van der Waals surface area (Å²) in [6.45, 7) is 9.69. The van der Waals surface area contributed by atoms with Gasteiger partial charge in [-0.05, 0) is 38.9 Å². The van der Waals surface area contributed by atoms with E-state index in [-0.39, 0.29) is 0 Å². The van der Waals surface area contributed by atoms with Crippen molar-refractivity contribution in [3.63, 3.8) is 0 Å². The summed E-state index contributed by atoms with van der Waals surface area (Å²) in [6.07, 6.45) is 5.28. The fraction of sp³-hybridized carbons (Fsp3) is 0.846. The van der Waals surface area contributed by atoms with Crippen LogP contribution in [0, 0.1) is 0 Å². The van der Waals surface area contributed by atoms with E-state index < -0.39 is 0 Å². The number of nitrogens with one attached hydrogen (secondary N) is 1. The number of piperidine rings is 1. The molecule has 0 unspecified atom stereocenters. The Kier molecular flexibility index (Phi) is 5.13. The van der Waals surface area contributed by atoms with Crippen molar-refractivity contribution in [1.82, 2.24) is 25.0 Å². The van der Waals surface area contributed by atoms with Gasteiger partial charge in [-0.2, -0.15) is 5.10 Å². The van der Waals surface area contributed by atoms with Crippen molar-refractivity contribution in [2.75, 3.05) is 19.6 Å². The van der Waals surface area contributed by atoms with Crippen LogP contribution in [0.5, 0.6) is 0 Å². The second-order valence-electron chi connectivity index (χ2n) is 4.94. The van der Waals surface area contributed by atoms with Crippen LogP contribution in [0.25, 0.3) is 0 Å². The molecule has 2 heterocycles. The van der Waals surface area contributed by atoms with Crippen molar-refractivity contribution in [1.29, 1.82) is 0 Å². The summed E-state index contributed by atoms with van der Waals surface area (Å²) in [7, 11) is 0. The Morgan fingerprint density at radius 1 is 1.39 bits per heavy atom. The zero-order valence-electron chi connectivity index (χ0n) is 11.6. The normalized spacial score (nSPS) is 17.5. The molecule has 1 saturated heterocycles. The number of hydrogen-bond acceptors (Lipinski definition) is 4. The Balaban J connectivity index is 1.98. The molecule has 0 aliphatic carbocycles. The van der Waals surface area contributed by atoms with E-state index in [2.05, 4.69) is 34.1 Å². The first kappa shape index (κ1) is 13.5. The summed E-state index contributed by atoms with van der Waals surface area (Å²) in [6, 6.07) is 0.697. The lowest BCUT2D eigenvalue weighted by Gasteiger charge is -2.33. The van der Waals surface area contributed by atoms with E-state index in [9.17, 15) is 0 Å². The molecule has 1 aromatic rings. The SMILES string of the molecule is CCCn1ncnc1CN(CC)C1CCNCC1. The summed E-state index contributed by atoms with van der Waals surface area (Å²) in [5.41, 5.74) is 0. The quantitative estimate of drug-likeness (QED) is 0.827. The summed E-state index contributed by atoms with van der Waals surface area (Å²) in [5, 5.41) is 7.73. The van der Waals surface area contributed by atoms with Gasteiger partial charge < -0.3 is 5.32 Å². The van der Waals surface area contributed by atoms with Crippen molar-refractivity contribution in [2.24, 2.45) is 0 Å². The minimum atomic E-state index is 0.697. The smallest absolute Gasteiger partial charge is 0.141 e. The lowest BCUT2D eigenvalue weighted by Crippen LogP contribution is -2.43. The van der Waals surface area contributed by atoms with E-state index in [4.69, 9.17) is 0 Å². The Hall–Kier alpha value is -0.940. The van der Waals surface area contributed by atoms with E-state index in [1.54, 1.807) is 6.33 Å². The van der Waals surface area contributed by atoms with Gasteiger partial charge in [-0.1, -0.05) is 13.8 Å². The maximum absolute atomic E-state index is 4.41. The van der Waals surface area contributed by atoms with Gasteiger partial charge >= 0.3 is 0 Å². The molecule has 2 rings (SSSR count). The predicted molar refractivity (Wildman–Crippen MR) is 72.3 cm³/mol. The van der Waals surface area contributed by atoms with E-state index in [0.717, 1.165) is 45.0 Å². The summed E-state index contributed by atoms with van der Waals surface area (Å²) in [4.78, 5) is 6.95. The van der Waals surface area contributed by atoms with Crippen molar-refractivity contribution in [2.45, 2.75) is 52.2 Å². The van der Waals surface area contributed by atoms with E-state index >= 15 is 0 Å². The highest BCUT2D eigenvalue weighted by Gasteiger charge is 2.21. The standard InChI is InChI=1S/C13H25N5/c1-3-9-18-13(15-11-16-18)10-17(4-2)12-5-7-14-8-6-12/h11-12,14H,3-10H2,1-2H3. The average molecular weight is 251 g/mol. The zero-order chi connectivity index (χ0) is 12.8. The first-order valence-corrected chi connectivity index (χ1v) is 7.16. The van der Waals surface area contributed by atoms with Gasteiger partial charge in [0.25, 0.3) is 0 Å². The third-order valence-corrected chi connectivity index (χ3v) is 3.71. The molecule has 1 aliphatic heterocycles. The van der Waals surface area contributed by atoms with E-state index in [1.165, 1.54) is 12.8 Å². The van der Waals surface area contributed by atoms with E-state index in [0.29, 0.717) is 6.04 Å². The second-order valence-corrected chi connectivity index (χ2v) is 4.94. The van der Waals surface area contributed by atoms with Crippen molar-refractivity contribution >= 4 is 0 Å². The number of rotatable bonds is 6. The fourth-order valence-corrected chi connectivity index (χ4v) is 2.66. The van der Waals surface area contributed by atoms with Crippen LogP contribution in [-0.4, -0.2) is 45.3 Å². The molecule has 1 N–H and O–H groups in total. The highest BCUT2D eigenvalue weighted by Crippen LogP contribution is 2.14. The van der Waals surface area contributed by atoms with Crippen LogP contribution in [0.15, 0.2) is 6.33 Å². The summed E-state index contributed by atoms with van der Waals surface area (Å²) >= 11 is 0. The van der Waals surface area contributed by atoms with Crippen LogP contribution >= 0.6 is 0 Å². The number of aryl methyl sites for hydroxylation is 1. The Labute approximate surface area is 110 Å². The van der Waals surface area contributed by atoms with Crippen LogP contribution in [0.4, 0.5) is 0 Å². The monoisotopic (exact) mass is 251 g/mol. The maximum atomic E-state index is 4.41. The molecule has 0 bridgehead atoms. The van der Waals surface area contributed by atoms with Gasteiger partial charge in [-0.25, -0.2) is 9.67 Å².